The summed E-state index contributed by atoms with van der Waals surface area (Å²) in [5.41, 5.74) is 0.655. The molecule has 1 aromatic heterocycles. The summed E-state index contributed by atoms with van der Waals surface area (Å²) >= 11 is 1.30. The quantitative estimate of drug-likeness (QED) is 0.377. The number of rotatable bonds is 10. The molecule has 1 saturated heterocycles. The van der Waals surface area contributed by atoms with Gasteiger partial charge in [0.2, 0.25) is 15.9 Å². The van der Waals surface area contributed by atoms with Gasteiger partial charge in [-0.3, -0.25) is 9.69 Å². The van der Waals surface area contributed by atoms with Gasteiger partial charge in [-0.05, 0) is 68.4 Å². The molecule has 0 unspecified atom stereocenters. The molecule has 0 spiro atoms. The van der Waals surface area contributed by atoms with E-state index >= 15 is 0 Å². The maximum absolute atomic E-state index is 13.8. The molecule has 1 aliphatic heterocycles. The Labute approximate surface area is 221 Å². The van der Waals surface area contributed by atoms with Crippen molar-refractivity contribution in [3.63, 3.8) is 0 Å². The number of ether oxygens (including phenoxy) is 1. The SMILES string of the molecule is CCN(CC)CCN(C(=O)C1CCN(S(=O)(=O)c2ccc(OC)cc2)CC1)c1nc2ccc(F)cc2s1. The Kier molecular flexibility index (Phi) is 8.79. The second-order valence-electron chi connectivity index (χ2n) is 8.98. The van der Waals surface area contributed by atoms with Crippen LogP contribution in [-0.4, -0.2) is 74.9 Å². The van der Waals surface area contributed by atoms with Crippen molar-refractivity contribution in [2.24, 2.45) is 5.92 Å². The van der Waals surface area contributed by atoms with Gasteiger partial charge in [0.05, 0.1) is 22.2 Å². The average molecular weight is 549 g/mol. The third-order valence-corrected chi connectivity index (χ3v) is 9.82. The number of fused-ring (bicyclic) bond motifs is 1. The van der Waals surface area contributed by atoms with E-state index in [2.05, 4.69) is 23.7 Å². The first-order valence-corrected chi connectivity index (χ1v) is 14.8. The summed E-state index contributed by atoms with van der Waals surface area (Å²) in [6.45, 7) is 7.57. The number of thiazole rings is 1. The van der Waals surface area contributed by atoms with E-state index in [1.807, 2.05) is 0 Å². The van der Waals surface area contributed by atoms with Crippen LogP contribution in [0.3, 0.4) is 0 Å². The second kappa shape index (κ2) is 11.8. The van der Waals surface area contributed by atoms with Gasteiger partial charge >= 0.3 is 0 Å². The molecule has 37 heavy (non-hydrogen) atoms. The topological polar surface area (TPSA) is 83.0 Å². The number of hydrogen-bond acceptors (Lipinski definition) is 7. The number of methoxy groups -OCH3 is 1. The van der Waals surface area contributed by atoms with Gasteiger partial charge in [0.25, 0.3) is 0 Å². The molecule has 1 fully saturated rings. The van der Waals surface area contributed by atoms with E-state index in [1.165, 1.54) is 47.0 Å². The molecule has 200 valence electrons. The number of nitrogens with zero attached hydrogens (tertiary/aromatic N) is 4. The monoisotopic (exact) mass is 548 g/mol. The molecule has 0 bridgehead atoms. The van der Waals surface area contributed by atoms with Crippen LogP contribution in [-0.2, 0) is 14.8 Å². The molecule has 0 N–H and O–H groups in total. The molecule has 3 aromatic rings. The van der Waals surface area contributed by atoms with Gasteiger partial charge < -0.3 is 9.64 Å². The predicted molar refractivity (Wildman–Crippen MR) is 144 cm³/mol. The summed E-state index contributed by atoms with van der Waals surface area (Å²) in [7, 11) is -2.13. The fourth-order valence-electron chi connectivity index (χ4n) is 4.54. The Balaban J connectivity index is 1.50. The molecule has 8 nitrogen and oxygen atoms in total. The lowest BCUT2D eigenvalue weighted by Gasteiger charge is -2.33. The lowest BCUT2D eigenvalue weighted by molar-refractivity contribution is -0.123. The highest BCUT2D eigenvalue weighted by atomic mass is 32.2. The van der Waals surface area contributed by atoms with Gasteiger partial charge in [0.15, 0.2) is 5.13 Å². The number of hydrogen-bond donors (Lipinski definition) is 0. The number of carbonyl (C=O) groups excluding carboxylic acids is 1. The molecule has 4 rings (SSSR count). The highest BCUT2D eigenvalue weighted by Gasteiger charge is 2.35. The van der Waals surface area contributed by atoms with E-state index in [4.69, 9.17) is 4.74 Å². The summed E-state index contributed by atoms with van der Waals surface area (Å²) < 4.78 is 47.3. The number of likely N-dealkylation sites (N-methyl/N-ethyl adjacent to an activating group) is 1. The normalized spacial score (nSPS) is 15.4. The highest BCUT2D eigenvalue weighted by molar-refractivity contribution is 7.89. The smallest absolute Gasteiger partial charge is 0.243 e. The van der Waals surface area contributed by atoms with Gasteiger partial charge in [0.1, 0.15) is 11.6 Å². The van der Waals surface area contributed by atoms with E-state index in [0.717, 1.165) is 13.1 Å². The van der Waals surface area contributed by atoms with Crippen molar-refractivity contribution >= 4 is 42.6 Å². The summed E-state index contributed by atoms with van der Waals surface area (Å²) in [5.74, 6) is -0.129. The Morgan fingerprint density at radius 2 is 1.78 bits per heavy atom. The highest BCUT2D eigenvalue weighted by Crippen LogP contribution is 2.32. The van der Waals surface area contributed by atoms with Gasteiger partial charge in [-0.2, -0.15) is 4.31 Å². The molecule has 2 heterocycles. The maximum atomic E-state index is 13.8. The average Bonchev–Trinajstić information content (AvgIpc) is 3.33. The summed E-state index contributed by atoms with van der Waals surface area (Å²) in [4.78, 5) is 22.5. The van der Waals surface area contributed by atoms with Crippen LogP contribution < -0.4 is 9.64 Å². The number of anilines is 1. The standard InChI is InChI=1S/C26H33FN4O4S2/c1-4-29(5-2)16-17-31(26-28-23-11-6-20(27)18-24(23)36-26)25(32)19-12-14-30(15-13-19)37(33,34)22-9-7-21(35-3)8-10-22/h6-11,18-19H,4-5,12-17H2,1-3H3. The largest absolute Gasteiger partial charge is 0.497 e. The summed E-state index contributed by atoms with van der Waals surface area (Å²) in [6, 6.07) is 10.8. The zero-order valence-corrected chi connectivity index (χ0v) is 23.0. The minimum Gasteiger partial charge on any atom is -0.497 e. The van der Waals surface area contributed by atoms with Crippen LogP contribution in [0.4, 0.5) is 9.52 Å². The molecule has 0 atom stereocenters. The fourth-order valence-corrected chi connectivity index (χ4v) is 7.03. The number of sulfonamides is 1. The van der Waals surface area contributed by atoms with Gasteiger partial charge in [-0.25, -0.2) is 17.8 Å². The van der Waals surface area contributed by atoms with Crippen LogP contribution in [0.25, 0.3) is 10.2 Å². The van der Waals surface area contributed by atoms with E-state index in [-0.39, 0.29) is 35.6 Å². The Hall–Kier alpha value is -2.60. The Bertz CT molecular complexity index is 1320. The zero-order valence-electron chi connectivity index (χ0n) is 21.4. The summed E-state index contributed by atoms with van der Waals surface area (Å²) in [6.07, 6.45) is 0.852. The van der Waals surface area contributed by atoms with Crippen molar-refractivity contribution in [2.45, 2.75) is 31.6 Å². The first-order valence-electron chi connectivity index (χ1n) is 12.5. The van der Waals surface area contributed by atoms with Crippen LogP contribution >= 0.6 is 11.3 Å². The minimum absolute atomic E-state index is 0.0619. The molecule has 1 amide bonds. The first kappa shape index (κ1) is 27.4. The van der Waals surface area contributed by atoms with E-state index < -0.39 is 10.0 Å². The summed E-state index contributed by atoms with van der Waals surface area (Å²) in [5, 5.41) is 0.547. The molecule has 0 radical (unpaired) electrons. The van der Waals surface area contributed by atoms with Crippen LogP contribution in [0, 0.1) is 11.7 Å². The Morgan fingerprint density at radius 3 is 2.41 bits per heavy atom. The number of amides is 1. The third-order valence-electron chi connectivity index (χ3n) is 6.87. The first-order chi connectivity index (χ1) is 17.8. The predicted octanol–water partition coefficient (Wildman–Crippen LogP) is 4.22. The Morgan fingerprint density at radius 1 is 1.11 bits per heavy atom. The lowest BCUT2D eigenvalue weighted by Crippen LogP contribution is -2.46. The molecule has 0 aliphatic carbocycles. The van der Waals surface area contributed by atoms with Gasteiger partial charge in [-0.1, -0.05) is 25.2 Å². The third kappa shape index (κ3) is 6.11. The molecule has 1 aliphatic rings. The van der Waals surface area contributed by atoms with Crippen molar-refractivity contribution in [2.75, 3.05) is 51.3 Å². The van der Waals surface area contributed by atoms with Crippen molar-refractivity contribution in [3.05, 3.63) is 48.3 Å². The number of benzene rings is 2. The minimum atomic E-state index is -3.66. The van der Waals surface area contributed by atoms with E-state index in [1.54, 1.807) is 23.1 Å². The number of aromatic nitrogens is 1. The zero-order chi connectivity index (χ0) is 26.6. The van der Waals surface area contributed by atoms with Crippen molar-refractivity contribution in [3.8, 4) is 5.75 Å². The lowest BCUT2D eigenvalue weighted by atomic mass is 9.96. The van der Waals surface area contributed by atoms with Crippen molar-refractivity contribution < 1.29 is 22.3 Å². The number of halogens is 1. The van der Waals surface area contributed by atoms with Crippen LogP contribution in [0.2, 0.25) is 0 Å². The van der Waals surface area contributed by atoms with E-state index in [0.29, 0.717) is 47.0 Å². The van der Waals surface area contributed by atoms with Crippen molar-refractivity contribution in [1.29, 1.82) is 0 Å². The van der Waals surface area contributed by atoms with E-state index in [9.17, 15) is 17.6 Å². The second-order valence-corrected chi connectivity index (χ2v) is 11.9. The molecular formula is C26H33FN4O4S2. The van der Waals surface area contributed by atoms with Gasteiger partial charge in [-0.15, -0.1) is 0 Å². The van der Waals surface area contributed by atoms with Crippen LogP contribution in [0.5, 0.6) is 5.75 Å². The van der Waals surface area contributed by atoms with Crippen molar-refractivity contribution in [1.82, 2.24) is 14.2 Å². The molecule has 0 saturated carbocycles. The van der Waals surface area contributed by atoms with Crippen LogP contribution in [0.1, 0.15) is 26.7 Å². The molecular weight excluding hydrogens is 515 g/mol. The van der Waals surface area contributed by atoms with Crippen LogP contribution in [0.15, 0.2) is 47.4 Å². The maximum Gasteiger partial charge on any atom is 0.243 e. The molecule has 11 heteroatoms. The molecule has 2 aromatic carbocycles. The fraction of sp³-hybridized carbons (Fsp3) is 0.462. The number of piperidine rings is 1. The number of carbonyl (C=O) groups is 1. The van der Waals surface area contributed by atoms with Gasteiger partial charge in [0, 0.05) is 32.1 Å².